The second-order valence-corrected chi connectivity index (χ2v) is 8.06. The quantitative estimate of drug-likeness (QED) is 0.121. The molecule has 0 radical (unpaired) electrons. The zero-order chi connectivity index (χ0) is 23.7. The van der Waals surface area contributed by atoms with E-state index in [-0.39, 0.29) is 0 Å². The third kappa shape index (κ3) is 10.5. The lowest BCUT2D eigenvalue weighted by molar-refractivity contribution is 0.212. The number of benzene rings is 2. The molecule has 2 aromatic carbocycles. The predicted octanol–water partition coefficient (Wildman–Crippen LogP) is 6.84. The fourth-order valence-electron chi connectivity index (χ4n) is 3.59. The molecule has 180 valence electrons. The van der Waals surface area contributed by atoms with Gasteiger partial charge in [-0.15, -0.1) is 0 Å². The van der Waals surface area contributed by atoms with Gasteiger partial charge < -0.3 is 19.0 Å². The Morgan fingerprint density at radius 1 is 0.788 bits per heavy atom. The van der Waals surface area contributed by atoms with Crippen LogP contribution in [0.1, 0.15) is 55.7 Å². The number of unbranched alkanes of at least 4 members (excludes halogenated alkanes) is 4. The SMILES string of the molecule is C/C=C/COc1cc(C)c(OCCCCCCCc2ccc(OCC=NOC)cc2)c(C)c1. The lowest BCUT2D eigenvalue weighted by atomic mass is 10.1. The van der Waals surface area contributed by atoms with E-state index >= 15 is 0 Å². The number of aryl methyl sites for hydroxylation is 3. The number of rotatable bonds is 16. The van der Waals surface area contributed by atoms with Crippen molar-refractivity contribution in [1.29, 1.82) is 0 Å². The third-order valence-electron chi connectivity index (χ3n) is 5.30. The van der Waals surface area contributed by atoms with E-state index < -0.39 is 0 Å². The van der Waals surface area contributed by atoms with Gasteiger partial charge in [-0.25, -0.2) is 0 Å². The monoisotopic (exact) mass is 453 g/mol. The Labute approximate surface area is 199 Å². The number of hydrogen-bond acceptors (Lipinski definition) is 5. The molecule has 5 heteroatoms. The topological polar surface area (TPSA) is 49.3 Å². The van der Waals surface area contributed by atoms with Crippen LogP contribution in [0.15, 0.2) is 53.7 Å². The average molecular weight is 454 g/mol. The van der Waals surface area contributed by atoms with E-state index in [0.717, 1.165) is 47.8 Å². The summed E-state index contributed by atoms with van der Waals surface area (Å²) in [7, 11) is 1.52. The molecule has 2 aromatic rings. The third-order valence-corrected chi connectivity index (χ3v) is 5.30. The summed E-state index contributed by atoms with van der Waals surface area (Å²) in [6, 6.07) is 12.4. The molecule has 0 spiro atoms. The predicted molar refractivity (Wildman–Crippen MR) is 136 cm³/mol. The minimum atomic E-state index is 0.409. The fourth-order valence-corrected chi connectivity index (χ4v) is 3.59. The molecule has 0 fully saturated rings. The summed E-state index contributed by atoms with van der Waals surface area (Å²) in [4.78, 5) is 4.61. The van der Waals surface area contributed by atoms with E-state index in [2.05, 4.69) is 48.1 Å². The van der Waals surface area contributed by atoms with Crippen LogP contribution in [0.2, 0.25) is 0 Å². The van der Waals surface area contributed by atoms with Crippen molar-refractivity contribution in [2.75, 3.05) is 26.9 Å². The zero-order valence-corrected chi connectivity index (χ0v) is 20.6. The Morgan fingerprint density at radius 3 is 2.15 bits per heavy atom. The van der Waals surface area contributed by atoms with Crippen LogP contribution >= 0.6 is 0 Å². The average Bonchev–Trinajstić information content (AvgIpc) is 2.81. The summed E-state index contributed by atoms with van der Waals surface area (Å²) in [5.41, 5.74) is 3.61. The Morgan fingerprint density at radius 2 is 1.45 bits per heavy atom. The molecule has 0 heterocycles. The van der Waals surface area contributed by atoms with Crippen molar-refractivity contribution in [3.63, 3.8) is 0 Å². The summed E-state index contributed by atoms with van der Waals surface area (Å²) in [6.45, 7) is 7.93. The van der Waals surface area contributed by atoms with Crippen molar-refractivity contribution >= 4 is 6.21 Å². The molecule has 0 N–H and O–H groups in total. The Hall–Kier alpha value is -2.95. The standard InChI is InChI=1S/C28H39NO4/c1-5-6-18-31-27-21-23(2)28(24(3)22-27)33-19-11-9-7-8-10-12-25-13-15-26(16-14-25)32-20-17-29-30-4/h5-6,13-17,21-22H,7-12,18-20H2,1-4H3/b6-5+,29-17?. The number of allylic oxidation sites excluding steroid dienone is 1. The molecule has 0 atom stereocenters. The Kier molecular flexibility index (Phi) is 12.6. The van der Waals surface area contributed by atoms with Gasteiger partial charge in [0.05, 0.1) is 12.8 Å². The molecule has 0 unspecified atom stereocenters. The highest BCUT2D eigenvalue weighted by atomic mass is 16.6. The number of hydrogen-bond donors (Lipinski definition) is 0. The van der Waals surface area contributed by atoms with Crippen LogP contribution in [0, 0.1) is 13.8 Å². The normalized spacial score (nSPS) is 11.3. The highest BCUT2D eigenvalue weighted by molar-refractivity contribution is 5.58. The van der Waals surface area contributed by atoms with E-state index in [1.54, 1.807) is 6.21 Å². The largest absolute Gasteiger partial charge is 0.493 e. The van der Waals surface area contributed by atoms with Crippen LogP contribution in [0.4, 0.5) is 0 Å². The summed E-state index contributed by atoms with van der Waals surface area (Å²) in [6.07, 6.45) is 12.6. The Balaban J connectivity index is 1.57. The summed E-state index contributed by atoms with van der Waals surface area (Å²) in [5.74, 6) is 2.74. The van der Waals surface area contributed by atoms with Gasteiger partial charge >= 0.3 is 0 Å². The lowest BCUT2D eigenvalue weighted by Gasteiger charge is -2.14. The molecule has 5 nitrogen and oxygen atoms in total. The number of ether oxygens (including phenoxy) is 3. The molecule has 0 aliphatic carbocycles. The first kappa shape index (κ1) is 26.3. The van der Waals surface area contributed by atoms with Gasteiger partial charge in [-0.3, -0.25) is 0 Å². The van der Waals surface area contributed by atoms with Gasteiger partial charge in [-0.1, -0.05) is 48.7 Å². The van der Waals surface area contributed by atoms with Crippen LogP contribution in [0.5, 0.6) is 17.2 Å². The maximum Gasteiger partial charge on any atom is 0.127 e. The zero-order valence-electron chi connectivity index (χ0n) is 20.6. The maximum atomic E-state index is 6.08. The van der Waals surface area contributed by atoms with Gasteiger partial charge in [0.15, 0.2) is 0 Å². The molecular weight excluding hydrogens is 414 g/mol. The highest BCUT2D eigenvalue weighted by Crippen LogP contribution is 2.28. The molecule has 33 heavy (non-hydrogen) atoms. The second-order valence-electron chi connectivity index (χ2n) is 8.06. The van der Waals surface area contributed by atoms with E-state index in [9.17, 15) is 0 Å². The smallest absolute Gasteiger partial charge is 0.127 e. The summed E-state index contributed by atoms with van der Waals surface area (Å²) < 4.78 is 17.4. The van der Waals surface area contributed by atoms with E-state index in [0.29, 0.717) is 13.2 Å². The summed E-state index contributed by atoms with van der Waals surface area (Å²) >= 11 is 0. The van der Waals surface area contributed by atoms with Crippen molar-refractivity contribution in [3.05, 3.63) is 65.2 Å². The first-order chi connectivity index (χ1) is 16.1. The number of nitrogens with zero attached hydrogens (tertiary/aromatic N) is 1. The van der Waals surface area contributed by atoms with Gasteiger partial charge in [0.1, 0.15) is 37.6 Å². The summed E-state index contributed by atoms with van der Waals surface area (Å²) in [5, 5.41) is 3.65. The molecule has 0 aliphatic heterocycles. The van der Waals surface area contributed by atoms with Crippen molar-refractivity contribution in [2.45, 2.75) is 59.3 Å². The van der Waals surface area contributed by atoms with Crippen molar-refractivity contribution in [2.24, 2.45) is 5.16 Å². The molecule has 0 aliphatic rings. The van der Waals surface area contributed by atoms with Gasteiger partial charge in [0, 0.05) is 0 Å². The molecule has 0 aromatic heterocycles. The van der Waals surface area contributed by atoms with Crippen molar-refractivity contribution in [1.82, 2.24) is 0 Å². The Bertz CT molecular complexity index is 836. The van der Waals surface area contributed by atoms with Gasteiger partial charge in [-0.2, -0.15) is 0 Å². The van der Waals surface area contributed by atoms with Crippen LogP contribution in [-0.4, -0.2) is 33.1 Å². The van der Waals surface area contributed by atoms with Crippen molar-refractivity contribution < 1.29 is 19.0 Å². The minimum Gasteiger partial charge on any atom is -0.493 e. The van der Waals surface area contributed by atoms with Crippen LogP contribution < -0.4 is 14.2 Å². The second kappa shape index (κ2) is 15.8. The molecule has 2 rings (SSSR count). The van der Waals surface area contributed by atoms with Crippen LogP contribution in [-0.2, 0) is 11.3 Å². The van der Waals surface area contributed by atoms with E-state index in [1.165, 1.54) is 38.4 Å². The van der Waals surface area contributed by atoms with E-state index in [4.69, 9.17) is 14.2 Å². The van der Waals surface area contributed by atoms with Gasteiger partial charge in [0.25, 0.3) is 0 Å². The lowest BCUT2D eigenvalue weighted by Crippen LogP contribution is -2.02. The number of oxime groups is 1. The first-order valence-electron chi connectivity index (χ1n) is 11.9. The van der Waals surface area contributed by atoms with E-state index in [1.807, 2.05) is 31.2 Å². The maximum absolute atomic E-state index is 6.08. The molecular formula is C28H39NO4. The molecule has 0 bridgehead atoms. The molecule has 0 amide bonds. The van der Waals surface area contributed by atoms with Crippen LogP contribution in [0.25, 0.3) is 0 Å². The highest BCUT2D eigenvalue weighted by Gasteiger charge is 2.07. The first-order valence-corrected chi connectivity index (χ1v) is 11.9. The van der Waals surface area contributed by atoms with Crippen molar-refractivity contribution in [3.8, 4) is 17.2 Å². The molecule has 0 saturated heterocycles. The van der Waals surface area contributed by atoms with Gasteiger partial charge in [0.2, 0.25) is 0 Å². The molecule has 0 saturated carbocycles. The van der Waals surface area contributed by atoms with Crippen LogP contribution in [0.3, 0.4) is 0 Å². The minimum absolute atomic E-state index is 0.409. The fraction of sp³-hybridized carbons (Fsp3) is 0.464. The van der Waals surface area contributed by atoms with Gasteiger partial charge in [-0.05, 0) is 81.0 Å².